The third-order valence-electron chi connectivity index (χ3n) is 4.48. The molecule has 1 aromatic heterocycles. The normalized spacial score (nSPS) is 13.5. The summed E-state index contributed by atoms with van der Waals surface area (Å²) in [5, 5.41) is 3.41. The lowest BCUT2D eigenvalue weighted by atomic mass is 10.0. The number of unbranched alkanes of at least 4 members (excludes halogenated alkanes) is 1. The van der Waals surface area contributed by atoms with Crippen LogP contribution >= 0.6 is 0 Å². The van der Waals surface area contributed by atoms with E-state index in [-0.39, 0.29) is 11.8 Å². The first-order chi connectivity index (χ1) is 12.2. The van der Waals surface area contributed by atoms with Gasteiger partial charge in [-0.2, -0.15) is 0 Å². The molecule has 1 aromatic rings. The Morgan fingerprint density at radius 2 is 1.96 bits per heavy atom. The Hall–Kier alpha value is -1.91. The number of aromatic nitrogens is 1. The van der Waals surface area contributed by atoms with Gasteiger partial charge in [0.05, 0.1) is 6.61 Å². The van der Waals surface area contributed by atoms with Crippen LogP contribution in [0.4, 0.5) is 5.82 Å². The van der Waals surface area contributed by atoms with Gasteiger partial charge in [0.15, 0.2) is 0 Å². The molecule has 2 heterocycles. The highest BCUT2D eigenvalue weighted by Gasteiger charge is 2.10. The fourth-order valence-corrected chi connectivity index (χ4v) is 3.09. The van der Waals surface area contributed by atoms with Crippen LogP contribution in [-0.2, 0) is 27.2 Å². The van der Waals surface area contributed by atoms with E-state index in [1.54, 1.807) is 6.92 Å². The van der Waals surface area contributed by atoms with Crippen molar-refractivity contribution < 1.29 is 14.3 Å². The summed E-state index contributed by atoms with van der Waals surface area (Å²) < 4.78 is 4.86. The molecule has 1 N–H and O–H groups in total. The Morgan fingerprint density at radius 3 is 2.80 bits per heavy atom. The highest BCUT2D eigenvalue weighted by molar-refractivity contribution is 5.79. The average molecular weight is 346 g/mol. The molecule has 0 unspecified atom stereocenters. The molecule has 0 bridgehead atoms. The van der Waals surface area contributed by atoms with Crippen LogP contribution in [0.25, 0.3) is 0 Å². The third-order valence-corrected chi connectivity index (χ3v) is 4.48. The number of fused-ring (bicyclic) bond motifs is 1. The molecule has 0 aliphatic carbocycles. The number of hydrogen-bond acceptors (Lipinski definition) is 5. The van der Waals surface area contributed by atoms with Crippen LogP contribution in [0, 0.1) is 0 Å². The number of aryl methyl sites for hydroxylation is 2. The van der Waals surface area contributed by atoms with Crippen molar-refractivity contribution in [1.82, 2.24) is 4.98 Å². The molecule has 25 heavy (non-hydrogen) atoms. The Balaban J connectivity index is 1.62. The van der Waals surface area contributed by atoms with Gasteiger partial charge in [-0.15, -0.1) is 0 Å². The molecular weight excluding hydrogens is 316 g/mol. The Kier molecular flexibility index (Phi) is 8.43. The van der Waals surface area contributed by atoms with E-state index in [0.717, 1.165) is 43.7 Å². The molecule has 0 spiro atoms. The summed E-state index contributed by atoms with van der Waals surface area (Å²) in [5.74, 6) is 1.07. The van der Waals surface area contributed by atoms with E-state index in [1.165, 1.54) is 18.4 Å². The molecule has 0 amide bonds. The molecule has 1 aliphatic rings. The standard InChI is InChI=1S/C20H30N2O3/c1-2-25-19(24)12-7-11-18(23)10-4-3-9-17-14-13-16-8-5-6-15-21-20(16)22-17/h13-14H,2-12,15H2,1H3,(H,21,22). The second-order valence-electron chi connectivity index (χ2n) is 6.60. The van der Waals surface area contributed by atoms with Gasteiger partial charge in [0.2, 0.25) is 0 Å². The van der Waals surface area contributed by atoms with Gasteiger partial charge in [0.25, 0.3) is 0 Å². The van der Waals surface area contributed by atoms with Crippen LogP contribution < -0.4 is 5.32 Å². The van der Waals surface area contributed by atoms with Crippen LogP contribution in [-0.4, -0.2) is 29.9 Å². The monoisotopic (exact) mass is 346 g/mol. The van der Waals surface area contributed by atoms with E-state index >= 15 is 0 Å². The summed E-state index contributed by atoms with van der Waals surface area (Å²) in [7, 11) is 0. The van der Waals surface area contributed by atoms with Crippen LogP contribution in [0.1, 0.15) is 69.5 Å². The minimum absolute atomic E-state index is 0.210. The summed E-state index contributed by atoms with van der Waals surface area (Å²) >= 11 is 0. The highest BCUT2D eigenvalue weighted by atomic mass is 16.5. The minimum atomic E-state index is -0.210. The van der Waals surface area contributed by atoms with E-state index in [4.69, 9.17) is 9.72 Å². The molecule has 2 rings (SSSR count). The molecule has 5 nitrogen and oxygen atoms in total. The lowest BCUT2D eigenvalue weighted by Crippen LogP contribution is -2.06. The van der Waals surface area contributed by atoms with Crippen LogP contribution in [0.3, 0.4) is 0 Å². The van der Waals surface area contributed by atoms with Gasteiger partial charge in [-0.1, -0.05) is 6.07 Å². The van der Waals surface area contributed by atoms with Crippen LogP contribution in [0.5, 0.6) is 0 Å². The number of Topliss-reactive ketones (excluding diaryl/α,β-unsaturated/α-hetero) is 1. The molecule has 0 fully saturated rings. The van der Waals surface area contributed by atoms with Crippen molar-refractivity contribution in [2.45, 2.75) is 71.1 Å². The van der Waals surface area contributed by atoms with Crippen LogP contribution in [0.2, 0.25) is 0 Å². The van der Waals surface area contributed by atoms with Gasteiger partial charge in [-0.25, -0.2) is 4.98 Å². The van der Waals surface area contributed by atoms with Crippen molar-refractivity contribution in [3.63, 3.8) is 0 Å². The first kappa shape index (κ1) is 19.4. The first-order valence-electron chi connectivity index (χ1n) is 9.59. The lowest BCUT2D eigenvalue weighted by Gasteiger charge is -2.09. The zero-order valence-corrected chi connectivity index (χ0v) is 15.3. The minimum Gasteiger partial charge on any atom is -0.466 e. The zero-order valence-electron chi connectivity index (χ0n) is 15.3. The molecule has 138 valence electrons. The number of pyridine rings is 1. The van der Waals surface area contributed by atoms with Crippen molar-refractivity contribution >= 4 is 17.6 Å². The van der Waals surface area contributed by atoms with E-state index in [0.29, 0.717) is 32.3 Å². The number of rotatable bonds is 10. The maximum absolute atomic E-state index is 11.8. The van der Waals surface area contributed by atoms with E-state index in [9.17, 15) is 9.59 Å². The van der Waals surface area contributed by atoms with E-state index < -0.39 is 0 Å². The van der Waals surface area contributed by atoms with Gasteiger partial charge in [-0.3, -0.25) is 9.59 Å². The largest absolute Gasteiger partial charge is 0.466 e. The highest BCUT2D eigenvalue weighted by Crippen LogP contribution is 2.20. The predicted molar refractivity (Wildman–Crippen MR) is 98.7 cm³/mol. The summed E-state index contributed by atoms with van der Waals surface area (Å²) in [6.07, 6.45) is 8.28. The van der Waals surface area contributed by atoms with Gasteiger partial charge >= 0.3 is 5.97 Å². The lowest BCUT2D eigenvalue weighted by molar-refractivity contribution is -0.143. The number of ketones is 1. The molecule has 0 saturated heterocycles. The fraction of sp³-hybridized carbons (Fsp3) is 0.650. The quantitative estimate of drug-likeness (QED) is 0.515. The smallest absolute Gasteiger partial charge is 0.305 e. The van der Waals surface area contributed by atoms with E-state index in [2.05, 4.69) is 17.4 Å². The first-order valence-corrected chi connectivity index (χ1v) is 9.59. The summed E-state index contributed by atoms with van der Waals surface area (Å²) in [6.45, 7) is 3.20. The zero-order chi connectivity index (χ0) is 17.9. The number of carbonyl (C=O) groups is 2. The van der Waals surface area contributed by atoms with Gasteiger partial charge < -0.3 is 10.1 Å². The number of carbonyl (C=O) groups excluding carboxylic acids is 2. The van der Waals surface area contributed by atoms with Crippen molar-refractivity contribution in [1.29, 1.82) is 0 Å². The molecule has 0 radical (unpaired) electrons. The summed E-state index contributed by atoms with van der Waals surface area (Å²) in [5.41, 5.74) is 2.42. The SMILES string of the molecule is CCOC(=O)CCCC(=O)CCCCc1ccc2c(n1)NCCCC2. The van der Waals surface area contributed by atoms with Gasteiger partial charge in [-0.05, 0) is 63.5 Å². The third kappa shape index (κ3) is 7.24. The number of nitrogens with one attached hydrogen (secondary N) is 1. The molecule has 1 aliphatic heterocycles. The summed E-state index contributed by atoms with van der Waals surface area (Å²) in [4.78, 5) is 27.8. The van der Waals surface area contributed by atoms with Crippen molar-refractivity contribution in [2.24, 2.45) is 0 Å². The van der Waals surface area contributed by atoms with Crippen molar-refractivity contribution in [3.05, 3.63) is 23.4 Å². The topological polar surface area (TPSA) is 68.3 Å². The van der Waals surface area contributed by atoms with Gasteiger partial charge in [0, 0.05) is 31.5 Å². The van der Waals surface area contributed by atoms with Gasteiger partial charge in [0.1, 0.15) is 11.6 Å². The summed E-state index contributed by atoms with van der Waals surface area (Å²) in [6, 6.07) is 4.31. The van der Waals surface area contributed by atoms with E-state index in [1.807, 2.05) is 0 Å². The maximum Gasteiger partial charge on any atom is 0.305 e. The second kappa shape index (κ2) is 10.9. The Bertz CT molecular complexity index is 572. The number of hydrogen-bond donors (Lipinski definition) is 1. The Labute approximate surface area is 150 Å². The van der Waals surface area contributed by atoms with Crippen LogP contribution in [0.15, 0.2) is 12.1 Å². The fourth-order valence-electron chi connectivity index (χ4n) is 3.09. The number of esters is 1. The molecular formula is C20H30N2O3. The predicted octanol–water partition coefficient (Wildman–Crippen LogP) is 3.85. The number of ether oxygens (including phenoxy) is 1. The second-order valence-corrected chi connectivity index (χ2v) is 6.60. The average Bonchev–Trinajstić information content (AvgIpc) is 2.84. The molecule has 0 saturated carbocycles. The Morgan fingerprint density at radius 1 is 1.12 bits per heavy atom. The number of anilines is 1. The maximum atomic E-state index is 11.8. The molecule has 0 aromatic carbocycles. The molecule has 5 heteroatoms. The van der Waals surface area contributed by atoms with Crippen molar-refractivity contribution in [3.8, 4) is 0 Å². The molecule has 0 atom stereocenters. The van der Waals surface area contributed by atoms with Crippen molar-refractivity contribution in [2.75, 3.05) is 18.5 Å². The number of nitrogens with zero attached hydrogens (tertiary/aromatic N) is 1.